The first kappa shape index (κ1) is 16.9. The average molecular weight is 329 g/mol. The summed E-state index contributed by atoms with van der Waals surface area (Å²) in [6.45, 7) is 3.97. The molecule has 124 valence electrons. The Kier molecular flexibility index (Phi) is 5.20. The number of sulfone groups is 1. The van der Waals surface area contributed by atoms with Crippen LogP contribution in [-0.4, -0.2) is 54.5 Å². The van der Waals surface area contributed by atoms with Crippen molar-refractivity contribution in [2.75, 3.05) is 11.5 Å². The molecule has 1 fully saturated rings. The highest BCUT2D eigenvalue weighted by Gasteiger charge is 2.37. The van der Waals surface area contributed by atoms with E-state index in [0.717, 1.165) is 12.8 Å². The lowest BCUT2D eigenvalue weighted by atomic mass is 10.1. The van der Waals surface area contributed by atoms with E-state index >= 15 is 0 Å². The molecule has 7 nitrogen and oxygen atoms in total. The van der Waals surface area contributed by atoms with E-state index in [9.17, 15) is 18.0 Å². The summed E-state index contributed by atoms with van der Waals surface area (Å²) >= 11 is 0. The van der Waals surface area contributed by atoms with Crippen LogP contribution in [0.4, 0.5) is 0 Å². The van der Waals surface area contributed by atoms with E-state index in [1.165, 1.54) is 5.01 Å². The van der Waals surface area contributed by atoms with Gasteiger partial charge in [0.15, 0.2) is 9.84 Å². The molecule has 0 aliphatic carbocycles. The summed E-state index contributed by atoms with van der Waals surface area (Å²) in [5.74, 6) is -0.463. The monoisotopic (exact) mass is 329 g/mol. The predicted molar refractivity (Wildman–Crippen MR) is 83.1 cm³/mol. The number of nitrogens with zero attached hydrogens (tertiary/aromatic N) is 2. The summed E-state index contributed by atoms with van der Waals surface area (Å²) in [6.07, 6.45) is 2.74. The summed E-state index contributed by atoms with van der Waals surface area (Å²) in [4.78, 5) is 24.2. The molecule has 1 N–H and O–H groups in total. The molecule has 1 saturated heterocycles. The zero-order chi connectivity index (χ0) is 16.3. The fraction of sp³-hybridized carbons (Fsp3) is 0.786. The van der Waals surface area contributed by atoms with E-state index in [1.807, 2.05) is 13.8 Å². The fourth-order valence-electron chi connectivity index (χ4n) is 2.80. The van der Waals surface area contributed by atoms with Gasteiger partial charge in [0.2, 0.25) is 5.91 Å². The first-order valence-electron chi connectivity index (χ1n) is 7.73. The maximum absolute atomic E-state index is 12.2. The molecule has 0 radical (unpaired) electrons. The molecule has 2 unspecified atom stereocenters. The van der Waals surface area contributed by atoms with Gasteiger partial charge < -0.3 is 5.32 Å². The molecule has 2 aliphatic heterocycles. The minimum Gasteiger partial charge on any atom is -0.348 e. The molecule has 2 heterocycles. The molecule has 2 rings (SSSR count). The van der Waals surface area contributed by atoms with Crippen LogP contribution in [-0.2, 0) is 19.4 Å². The Labute approximate surface area is 131 Å². The summed E-state index contributed by atoms with van der Waals surface area (Å²) in [7, 11) is -3.10. The molecule has 2 aliphatic rings. The quantitative estimate of drug-likeness (QED) is 0.792. The van der Waals surface area contributed by atoms with Crippen molar-refractivity contribution in [1.82, 2.24) is 10.3 Å². The molecule has 2 amide bonds. The van der Waals surface area contributed by atoms with E-state index < -0.39 is 15.9 Å². The lowest BCUT2D eigenvalue weighted by Gasteiger charge is -2.28. The number of hydrogen-bond acceptors (Lipinski definition) is 5. The lowest BCUT2D eigenvalue weighted by Crippen LogP contribution is -2.45. The Balaban J connectivity index is 2.08. The number of nitrogens with one attached hydrogen (secondary N) is 1. The van der Waals surface area contributed by atoms with Crippen LogP contribution in [0.3, 0.4) is 0 Å². The van der Waals surface area contributed by atoms with Gasteiger partial charge in [0.1, 0.15) is 5.71 Å². The molecule has 0 saturated carbocycles. The van der Waals surface area contributed by atoms with Gasteiger partial charge in [-0.05, 0) is 19.8 Å². The zero-order valence-electron chi connectivity index (χ0n) is 13.0. The Morgan fingerprint density at radius 3 is 2.77 bits per heavy atom. The molecule has 0 aromatic rings. The predicted octanol–water partition coefficient (Wildman–Crippen LogP) is 0.457. The first-order valence-corrected chi connectivity index (χ1v) is 9.55. The van der Waals surface area contributed by atoms with Gasteiger partial charge in [-0.3, -0.25) is 9.59 Å². The van der Waals surface area contributed by atoms with Gasteiger partial charge in [-0.25, -0.2) is 13.4 Å². The van der Waals surface area contributed by atoms with Crippen LogP contribution in [0.1, 0.15) is 46.0 Å². The first-order chi connectivity index (χ1) is 10.3. The molecular weight excluding hydrogens is 306 g/mol. The minimum absolute atomic E-state index is 0.0538. The summed E-state index contributed by atoms with van der Waals surface area (Å²) in [6, 6.07) is -0.383. The Morgan fingerprint density at radius 2 is 2.18 bits per heavy atom. The number of rotatable bonds is 5. The van der Waals surface area contributed by atoms with E-state index in [2.05, 4.69) is 10.4 Å². The van der Waals surface area contributed by atoms with E-state index in [0.29, 0.717) is 18.6 Å². The number of hydrogen-bond donors (Lipinski definition) is 1. The maximum Gasteiger partial charge on any atom is 0.267 e. The van der Waals surface area contributed by atoms with Gasteiger partial charge in [-0.1, -0.05) is 13.3 Å². The standard InChI is InChI=1S/C14H23N3O4S/c1-3-4-10(2)15-14(19)12-5-6-13(18)17(16-12)11-7-8-22(20,21)9-11/h10-11H,3-9H2,1-2H3,(H,15,19). The van der Waals surface area contributed by atoms with Gasteiger partial charge in [-0.2, -0.15) is 5.10 Å². The molecule has 2 atom stereocenters. The third kappa shape index (κ3) is 4.06. The number of carbonyl (C=O) groups is 2. The Bertz CT molecular complexity index is 585. The summed E-state index contributed by atoms with van der Waals surface area (Å²) in [5.41, 5.74) is 0.312. The lowest BCUT2D eigenvalue weighted by molar-refractivity contribution is -0.133. The van der Waals surface area contributed by atoms with Crippen LogP contribution >= 0.6 is 0 Å². The summed E-state index contributed by atoms with van der Waals surface area (Å²) < 4.78 is 23.1. The SMILES string of the molecule is CCCC(C)NC(=O)C1=NN(C2CCS(=O)(=O)C2)C(=O)CC1. The highest BCUT2D eigenvalue weighted by atomic mass is 32.2. The second-order valence-corrected chi connectivity index (χ2v) is 8.23. The van der Waals surface area contributed by atoms with Crippen molar-refractivity contribution in [3.05, 3.63) is 0 Å². The minimum atomic E-state index is -3.10. The topological polar surface area (TPSA) is 95.9 Å². The largest absolute Gasteiger partial charge is 0.348 e. The molecule has 0 aromatic carbocycles. The second kappa shape index (κ2) is 6.76. The molecule has 0 spiro atoms. The normalized spacial score (nSPS) is 25.7. The van der Waals surface area contributed by atoms with Crippen LogP contribution in [0.25, 0.3) is 0 Å². The van der Waals surface area contributed by atoms with Gasteiger partial charge in [0.25, 0.3) is 5.91 Å². The van der Waals surface area contributed by atoms with Crippen molar-refractivity contribution in [3.8, 4) is 0 Å². The third-order valence-corrected chi connectivity index (χ3v) is 5.73. The number of hydrazone groups is 1. The van der Waals surface area contributed by atoms with Gasteiger partial charge >= 0.3 is 0 Å². The van der Waals surface area contributed by atoms with E-state index in [1.54, 1.807) is 0 Å². The number of carbonyl (C=O) groups excluding carboxylic acids is 2. The van der Waals surface area contributed by atoms with Crippen molar-refractivity contribution in [1.29, 1.82) is 0 Å². The van der Waals surface area contributed by atoms with E-state index in [4.69, 9.17) is 0 Å². The van der Waals surface area contributed by atoms with Gasteiger partial charge in [0.05, 0.1) is 17.5 Å². The molecular formula is C14H23N3O4S. The summed E-state index contributed by atoms with van der Waals surface area (Å²) in [5, 5.41) is 8.23. The Morgan fingerprint density at radius 1 is 1.45 bits per heavy atom. The van der Waals surface area contributed by atoms with Crippen LogP contribution < -0.4 is 5.32 Å². The smallest absolute Gasteiger partial charge is 0.267 e. The highest BCUT2D eigenvalue weighted by Crippen LogP contribution is 2.22. The van der Waals surface area contributed by atoms with Crippen molar-refractivity contribution < 1.29 is 18.0 Å². The van der Waals surface area contributed by atoms with Crippen LogP contribution in [0.2, 0.25) is 0 Å². The van der Waals surface area contributed by atoms with Crippen molar-refractivity contribution >= 4 is 27.4 Å². The highest BCUT2D eigenvalue weighted by molar-refractivity contribution is 7.91. The van der Waals surface area contributed by atoms with Crippen LogP contribution in [0.5, 0.6) is 0 Å². The maximum atomic E-state index is 12.2. The number of amides is 2. The average Bonchev–Trinajstić information content (AvgIpc) is 2.79. The van der Waals surface area contributed by atoms with E-state index in [-0.39, 0.29) is 35.8 Å². The van der Waals surface area contributed by atoms with Gasteiger partial charge in [-0.15, -0.1) is 0 Å². The van der Waals surface area contributed by atoms with Gasteiger partial charge in [0, 0.05) is 18.9 Å². The van der Waals surface area contributed by atoms with Crippen LogP contribution in [0.15, 0.2) is 5.10 Å². The van der Waals surface area contributed by atoms with Crippen molar-refractivity contribution in [2.45, 2.75) is 58.0 Å². The Hall–Kier alpha value is -1.44. The van der Waals surface area contributed by atoms with Crippen LogP contribution in [0, 0.1) is 0 Å². The third-order valence-electron chi connectivity index (χ3n) is 3.98. The molecule has 22 heavy (non-hydrogen) atoms. The zero-order valence-corrected chi connectivity index (χ0v) is 13.9. The molecule has 0 bridgehead atoms. The molecule has 0 aromatic heterocycles. The van der Waals surface area contributed by atoms with Crippen molar-refractivity contribution in [2.24, 2.45) is 5.10 Å². The second-order valence-electron chi connectivity index (χ2n) is 6.01. The molecule has 8 heteroatoms. The van der Waals surface area contributed by atoms with Crippen molar-refractivity contribution in [3.63, 3.8) is 0 Å². The fourth-order valence-corrected chi connectivity index (χ4v) is 4.49.